The van der Waals surface area contributed by atoms with Gasteiger partial charge in [-0.1, -0.05) is 12.1 Å². The highest BCUT2D eigenvalue weighted by molar-refractivity contribution is 5.73. The van der Waals surface area contributed by atoms with Crippen LogP contribution in [-0.4, -0.2) is 44.2 Å². The number of hydrogen-bond acceptors (Lipinski definition) is 5. The van der Waals surface area contributed by atoms with Gasteiger partial charge in [0.2, 0.25) is 5.91 Å². The second-order valence-electron chi connectivity index (χ2n) is 7.34. The lowest BCUT2D eigenvalue weighted by molar-refractivity contribution is -0.119. The summed E-state index contributed by atoms with van der Waals surface area (Å²) in [6.07, 6.45) is 0.778. The van der Waals surface area contributed by atoms with E-state index in [-0.39, 0.29) is 23.9 Å². The zero-order valence-corrected chi connectivity index (χ0v) is 16.8. The van der Waals surface area contributed by atoms with Gasteiger partial charge in [-0.2, -0.15) is 0 Å². The molecule has 2 atom stereocenters. The van der Waals surface area contributed by atoms with Crippen molar-refractivity contribution in [1.29, 1.82) is 0 Å². The molecule has 7 heteroatoms. The first-order chi connectivity index (χ1) is 13.3. The van der Waals surface area contributed by atoms with E-state index in [1.165, 1.54) is 13.0 Å². The highest BCUT2D eigenvalue weighted by Crippen LogP contribution is 2.27. The smallest absolute Gasteiger partial charge is 0.217 e. The van der Waals surface area contributed by atoms with E-state index >= 15 is 0 Å². The summed E-state index contributed by atoms with van der Waals surface area (Å²) in [6, 6.07) is 10.8. The van der Waals surface area contributed by atoms with Gasteiger partial charge in [0.15, 0.2) is 11.6 Å². The molecule has 1 aliphatic heterocycles. The number of amides is 1. The average Bonchev–Trinajstić information content (AvgIpc) is 3.10. The van der Waals surface area contributed by atoms with Gasteiger partial charge in [0, 0.05) is 34.0 Å². The Morgan fingerprint density at radius 1 is 1.29 bits per heavy atom. The minimum Gasteiger partial charge on any atom is -0.489 e. The summed E-state index contributed by atoms with van der Waals surface area (Å²) in [7, 11) is 3.77. The molecule has 0 aliphatic carbocycles. The quantitative estimate of drug-likeness (QED) is 0.827. The van der Waals surface area contributed by atoms with Crippen molar-refractivity contribution in [2.75, 3.05) is 37.0 Å². The first kappa shape index (κ1) is 19.9. The third-order valence-corrected chi connectivity index (χ3v) is 4.82. The Hall–Kier alpha value is -2.83. The first-order valence-electron chi connectivity index (χ1n) is 9.46. The van der Waals surface area contributed by atoms with Crippen molar-refractivity contribution in [3.8, 4) is 5.75 Å². The van der Waals surface area contributed by atoms with E-state index in [9.17, 15) is 9.18 Å². The molecule has 28 heavy (non-hydrogen) atoms. The minimum absolute atomic E-state index is 0.0252. The standard InChI is InChI=1S/C21H27FN4O2/c1-14(23-15(2)27)16-5-7-17(8-6-16)28-18-11-12-26(13-18)21-19(22)9-10-20(24-21)25(3)4/h5-10,14,18H,11-13H2,1-4H3,(H,23,27)/t14-,18+/m0/s1. The number of carbonyl (C=O) groups is 1. The SMILES string of the molecule is CC(=O)N[C@@H](C)c1ccc(O[C@@H]2CCN(c3nc(N(C)C)ccc3F)C2)cc1. The van der Waals surface area contributed by atoms with Gasteiger partial charge in [-0.3, -0.25) is 4.79 Å². The van der Waals surface area contributed by atoms with E-state index in [4.69, 9.17) is 4.74 Å². The molecule has 3 rings (SSSR count). The molecule has 1 amide bonds. The van der Waals surface area contributed by atoms with Gasteiger partial charge >= 0.3 is 0 Å². The van der Waals surface area contributed by atoms with E-state index in [0.717, 1.165) is 23.6 Å². The third kappa shape index (κ3) is 4.71. The largest absolute Gasteiger partial charge is 0.489 e. The van der Waals surface area contributed by atoms with Crippen molar-refractivity contribution < 1.29 is 13.9 Å². The number of nitrogens with zero attached hydrogens (tertiary/aromatic N) is 3. The molecule has 2 heterocycles. The Balaban J connectivity index is 1.62. The molecule has 1 aliphatic rings. The number of benzene rings is 1. The van der Waals surface area contributed by atoms with Crippen LogP contribution in [0.1, 0.15) is 31.9 Å². The molecule has 150 valence electrons. The lowest BCUT2D eigenvalue weighted by Gasteiger charge is -2.21. The molecule has 1 aromatic carbocycles. The predicted molar refractivity (Wildman–Crippen MR) is 108 cm³/mol. The van der Waals surface area contributed by atoms with Gasteiger partial charge < -0.3 is 19.9 Å². The van der Waals surface area contributed by atoms with Gasteiger partial charge in [0.1, 0.15) is 17.7 Å². The highest BCUT2D eigenvalue weighted by Gasteiger charge is 2.27. The Kier molecular flexibility index (Phi) is 6.02. The molecule has 1 N–H and O–H groups in total. The molecule has 2 aromatic rings. The first-order valence-corrected chi connectivity index (χ1v) is 9.46. The van der Waals surface area contributed by atoms with Crippen LogP contribution >= 0.6 is 0 Å². The summed E-state index contributed by atoms with van der Waals surface area (Å²) in [5.41, 5.74) is 1.02. The fourth-order valence-electron chi connectivity index (χ4n) is 3.32. The summed E-state index contributed by atoms with van der Waals surface area (Å²) in [5.74, 6) is 1.49. The van der Waals surface area contributed by atoms with Crippen LogP contribution in [0.5, 0.6) is 5.75 Å². The molecule has 1 aromatic heterocycles. The number of ether oxygens (including phenoxy) is 1. The average molecular weight is 386 g/mol. The van der Waals surface area contributed by atoms with Gasteiger partial charge in [0.25, 0.3) is 0 Å². The number of aromatic nitrogens is 1. The molecule has 0 spiro atoms. The third-order valence-electron chi connectivity index (χ3n) is 4.82. The van der Waals surface area contributed by atoms with Crippen LogP contribution in [0.15, 0.2) is 36.4 Å². The van der Waals surface area contributed by atoms with E-state index in [0.29, 0.717) is 18.9 Å². The summed E-state index contributed by atoms with van der Waals surface area (Å²) in [4.78, 5) is 19.4. The van der Waals surface area contributed by atoms with Gasteiger partial charge in [-0.25, -0.2) is 9.37 Å². The topological polar surface area (TPSA) is 57.7 Å². The van der Waals surface area contributed by atoms with Crippen molar-refractivity contribution >= 4 is 17.5 Å². The fourth-order valence-corrected chi connectivity index (χ4v) is 3.32. The Morgan fingerprint density at radius 2 is 2.00 bits per heavy atom. The van der Waals surface area contributed by atoms with Crippen LogP contribution in [-0.2, 0) is 4.79 Å². The lowest BCUT2D eigenvalue weighted by Crippen LogP contribution is -2.26. The van der Waals surface area contributed by atoms with Crippen molar-refractivity contribution in [3.05, 3.63) is 47.8 Å². The summed E-state index contributed by atoms with van der Waals surface area (Å²) >= 11 is 0. The van der Waals surface area contributed by atoms with E-state index in [1.807, 2.05) is 55.1 Å². The number of hydrogen-bond donors (Lipinski definition) is 1. The van der Waals surface area contributed by atoms with Gasteiger partial charge in [-0.15, -0.1) is 0 Å². The maximum atomic E-state index is 14.3. The number of halogens is 1. The van der Waals surface area contributed by atoms with Crippen molar-refractivity contribution in [3.63, 3.8) is 0 Å². The zero-order chi connectivity index (χ0) is 20.3. The van der Waals surface area contributed by atoms with Crippen LogP contribution in [0.2, 0.25) is 0 Å². The van der Waals surface area contributed by atoms with E-state index in [2.05, 4.69) is 10.3 Å². The zero-order valence-electron chi connectivity index (χ0n) is 16.8. The summed E-state index contributed by atoms with van der Waals surface area (Å²) in [6.45, 7) is 4.73. The molecule has 6 nitrogen and oxygen atoms in total. The summed E-state index contributed by atoms with van der Waals surface area (Å²) in [5, 5.41) is 2.86. The number of anilines is 2. The van der Waals surface area contributed by atoms with Gasteiger partial charge in [-0.05, 0) is 36.8 Å². The molecule has 0 radical (unpaired) electrons. The molecular formula is C21H27FN4O2. The van der Waals surface area contributed by atoms with Crippen molar-refractivity contribution in [2.45, 2.75) is 32.4 Å². The van der Waals surface area contributed by atoms with Crippen LogP contribution in [0, 0.1) is 5.82 Å². The van der Waals surface area contributed by atoms with Crippen molar-refractivity contribution in [2.24, 2.45) is 0 Å². The monoisotopic (exact) mass is 386 g/mol. The van der Waals surface area contributed by atoms with Crippen LogP contribution in [0.25, 0.3) is 0 Å². The Bertz CT molecular complexity index is 826. The number of nitrogens with one attached hydrogen (secondary N) is 1. The number of rotatable bonds is 6. The number of pyridine rings is 1. The fraction of sp³-hybridized carbons (Fsp3) is 0.429. The van der Waals surface area contributed by atoms with E-state index < -0.39 is 0 Å². The lowest BCUT2D eigenvalue weighted by atomic mass is 10.1. The second-order valence-corrected chi connectivity index (χ2v) is 7.34. The molecular weight excluding hydrogens is 359 g/mol. The van der Waals surface area contributed by atoms with Crippen molar-refractivity contribution in [1.82, 2.24) is 10.3 Å². The van der Waals surface area contributed by atoms with Gasteiger partial charge in [0.05, 0.1) is 12.6 Å². The molecule has 0 saturated carbocycles. The van der Waals surface area contributed by atoms with E-state index in [1.54, 1.807) is 6.07 Å². The molecule has 0 bridgehead atoms. The van der Waals surface area contributed by atoms with Crippen LogP contribution in [0.4, 0.5) is 16.0 Å². The Labute approximate surface area is 165 Å². The molecule has 1 fully saturated rings. The normalized spacial score (nSPS) is 17.3. The maximum Gasteiger partial charge on any atom is 0.217 e. The molecule has 0 unspecified atom stereocenters. The van der Waals surface area contributed by atoms with Crippen LogP contribution < -0.4 is 19.9 Å². The second kappa shape index (κ2) is 8.46. The van der Waals surface area contributed by atoms with Crippen LogP contribution in [0.3, 0.4) is 0 Å². The highest BCUT2D eigenvalue weighted by atomic mass is 19.1. The molecule has 1 saturated heterocycles. The summed E-state index contributed by atoms with van der Waals surface area (Å²) < 4.78 is 20.3. The predicted octanol–water partition coefficient (Wildman–Crippen LogP) is 3.14. The number of carbonyl (C=O) groups excluding carboxylic acids is 1. The maximum absolute atomic E-state index is 14.3. The Morgan fingerprint density at radius 3 is 2.64 bits per heavy atom. The minimum atomic E-state index is -0.317.